The van der Waals surface area contributed by atoms with E-state index in [4.69, 9.17) is 16.3 Å². The monoisotopic (exact) mass is 543 g/mol. The Morgan fingerprint density at radius 1 is 1.03 bits per heavy atom. The topological polar surface area (TPSA) is 96.0 Å². The number of nitrogens with zero attached hydrogens (tertiary/aromatic N) is 2. The first-order chi connectivity index (χ1) is 17.6. The Kier molecular flexibility index (Phi) is 9.18. The fourth-order valence-electron chi connectivity index (χ4n) is 3.85. The van der Waals surface area contributed by atoms with Crippen LogP contribution in [0.1, 0.15) is 18.1 Å². The van der Waals surface area contributed by atoms with E-state index in [0.29, 0.717) is 22.0 Å². The van der Waals surface area contributed by atoms with Gasteiger partial charge in [-0.25, -0.2) is 8.42 Å². The van der Waals surface area contributed by atoms with Gasteiger partial charge < -0.3 is 15.0 Å². The minimum absolute atomic E-state index is 0.00773. The number of nitrogens with one attached hydrogen (secondary N) is 1. The molecule has 3 rings (SSSR count). The molecule has 3 aromatic rings. The normalized spacial score (nSPS) is 11.9. The van der Waals surface area contributed by atoms with E-state index in [0.717, 1.165) is 9.87 Å². The first kappa shape index (κ1) is 28.0. The molecule has 0 bridgehead atoms. The summed E-state index contributed by atoms with van der Waals surface area (Å²) in [6.45, 7) is 2.93. The zero-order valence-corrected chi connectivity index (χ0v) is 22.7. The number of likely N-dealkylation sites (N-methyl/N-ethyl adjacent to an activating group) is 1. The first-order valence-corrected chi connectivity index (χ1v) is 13.4. The maximum absolute atomic E-state index is 13.8. The second-order valence-corrected chi connectivity index (χ2v) is 10.7. The number of hydrogen-bond donors (Lipinski definition) is 1. The van der Waals surface area contributed by atoms with Crippen molar-refractivity contribution in [2.75, 3.05) is 25.0 Å². The highest BCUT2D eigenvalue weighted by atomic mass is 35.5. The summed E-state index contributed by atoms with van der Waals surface area (Å²) in [5.41, 5.74) is 1.76. The molecule has 0 saturated heterocycles. The van der Waals surface area contributed by atoms with Gasteiger partial charge in [-0.1, -0.05) is 41.9 Å². The molecule has 0 radical (unpaired) electrons. The molecule has 0 heterocycles. The molecule has 0 aliphatic rings. The van der Waals surface area contributed by atoms with Crippen molar-refractivity contribution in [2.24, 2.45) is 0 Å². The van der Waals surface area contributed by atoms with Crippen LogP contribution in [0.4, 0.5) is 5.69 Å². The Morgan fingerprint density at radius 2 is 1.70 bits per heavy atom. The molecule has 1 atom stereocenters. The van der Waals surface area contributed by atoms with Gasteiger partial charge >= 0.3 is 0 Å². The lowest BCUT2D eigenvalue weighted by Crippen LogP contribution is -2.50. The van der Waals surface area contributed by atoms with E-state index in [1.54, 1.807) is 56.3 Å². The maximum atomic E-state index is 13.8. The number of anilines is 1. The molecule has 3 aromatic carbocycles. The SMILES string of the molecule is CNC(=O)C(C)N(Cc1cccc(OC)c1)C(=O)CN(c1ccccc1C)S(=O)(=O)c1ccc(Cl)cc1. The number of ether oxygens (including phenoxy) is 1. The third-order valence-electron chi connectivity index (χ3n) is 5.97. The third kappa shape index (κ3) is 6.61. The Bertz CT molecular complexity index is 1360. The predicted molar refractivity (Wildman–Crippen MR) is 144 cm³/mol. The lowest BCUT2D eigenvalue weighted by molar-refractivity contribution is -0.139. The van der Waals surface area contributed by atoms with Crippen LogP contribution in [-0.4, -0.2) is 51.9 Å². The van der Waals surface area contributed by atoms with Crippen LogP contribution in [0.3, 0.4) is 0 Å². The molecule has 0 aliphatic heterocycles. The van der Waals surface area contributed by atoms with Crippen LogP contribution in [0.5, 0.6) is 5.75 Å². The van der Waals surface area contributed by atoms with Crippen molar-refractivity contribution in [3.63, 3.8) is 0 Å². The predicted octanol–water partition coefficient (Wildman–Crippen LogP) is 4.02. The zero-order chi connectivity index (χ0) is 27.2. The zero-order valence-electron chi connectivity index (χ0n) is 21.1. The number of para-hydroxylation sites is 1. The van der Waals surface area contributed by atoms with Crippen molar-refractivity contribution in [3.8, 4) is 5.75 Å². The van der Waals surface area contributed by atoms with Gasteiger partial charge in [0.05, 0.1) is 17.7 Å². The van der Waals surface area contributed by atoms with E-state index >= 15 is 0 Å². The standard InChI is InChI=1S/C27H30ClN3O5S/c1-19-8-5-6-11-25(19)31(37(34,35)24-14-12-22(28)13-15-24)18-26(32)30(20(2)27(33)29-3)17-21-9-7-10-23(16-21)36-4/h5-16,20H,17-18H2,1-4H3,(H,29,33). The Hall–Kier alpha value is -3.56. The van der Waals surface area contributed by atoms with Crippen LogP contribution in [0.25, 0.3) is 0 Å². The second-order valence-electron chi connectivity index (χ2n) is 8.42. The molecule has 37 heavy (non-hydrogen) atoms. The van der Waals surface area contributed by atoms with E-state index in [9.17, 15) is 18.0 Å². The second kappa shape index (κ2) is 12.1. The lowest BCUT2D eigenvalue weighted by atomic mass is 10.1. The van der Waals surface area contributed by atoms with Crippen molar-refractivity contribution in [3.05, 3.63) is 88.9 Å². The van der Waals surface area contributed by atoms with Gasteiger partial charge in [-0.05, 0) is 67.4 Å². The largest absolute Gasteiger partial charge is 0.497 e. The number of rotatable bonds is 10. The molecule has 2 amide bonds. The van der Waals surface area contributed by atoms with Crippen molar-refractivity contribution < 1.29 is 22.7 Å². The number of aryl methyl sites for hydroxylation is 1. The number of sulfonamides is 1. The lowest BCUT2D eigenvalue weighted by Gasteiger charge is -2.32. The quantitative estimate of drug-likeness (QED) is 0.417. The minimum Gasteiger partial charge on any atom is -0.497 e. The molecule has 1 N–H and O–H groups in total. The van der Waals surface area contributed by atoms with E-state index in [1.807, 2.05) is 6.07 Å². The molecule has 0 spiro atoms. The number of halogens is 1. The summed E-state index contributed by atoms with van der Waals surface area (Å²) in [6.07, 6.45) is 0. The highest BCUT2D eigenvalue weighted by Crippen LogP contribution is 2.28. The van der Waals surface area contributed by atoms with Crippen LogP contribution in [0.2, 0.25) is 5.02 Å². The van der Waals surface area contributed by atoms with Gasteiger partial charge in [-0.3, -0.25) is 13.9 Å². The third-order valence-corrected chi connectivity index (χ3v) is 7.99. The first-order valence-electron chi connectivity index (χ1n) is 11.6. The summed E-state index contributed by atoms with van der Waals surface area (Å²) in [5, 5.41) is 2.95. The van der Waals surface area contributed by atoms with Gasteiger partial charge in [-0.2, -0.15) is 0 Å². The molecule has 0 aliphatic carbocycles. The smallest absolute Gasteiger partial charge is 0.264 e. The number of amides is 2. The summed E-state index contributed by atoms with van der Waals surface area (Å²) < 4.78 is 33.9. The molecular formula is C27H30ClN3O5S. The van der Waals surface area contributed by atoms with Crippen molar-refractivity contribution in [1.82, 2.24) is 10.2 Å². The highest BCUT2D eigenvalue weighted by molar-refractivity contribution is 7.92. The number of hydrogen-bond acceptors (Lipinski definition) is 5. The minimum atomic E-state index is -4.15. The van der Waals surface area contributed by atoms with Gasteiger partial charge in [0, 0.05) is 18.6 Å². The van der Waals surface area contributed by atoms with Crippen molar-refractivity contribution >= 4 is 39.1 Å². The molecular weight excluding hydrogens is 514 g/mol. The summed E-state index contributed by atoms with van der Waals surface area (Å²) in [4.78, 5) is 27.7. The van der Waals surface area contributed by atoms with Gasteiger partial charge in [0.15, 0.2) is 0 Å². The van der Waals surface area contributed by atoms with Crippen LogP contribution in [0, 0.1) is 6.92 Å². The number of benzene rings is 3. The van der Waals surface area contributed by atoms with E-state index in [2.05, 4.69) is 5.32 Å². The van der Waals surface area contributed by atoms with Gasteiger partial charge in [0.1, 0.15) is 18.3 Å². The fourth-order valence-corrected chi connectivity index (χ4v) is 5.45. The number of carbonyl (C=O) groups is 2. The molecule has 196 valence electrons. The Labute approximate surface area is 222 Å². The van der Waals surface area contributed by atoms with Gasteiger partial charge in [0.2, 0.25) is 11.8 Å². The van der Waals surface area contributed by atoms with E-state index in [-0.39, 0.29) is 17.3 Å². The summed E-state index contributed by atoms with van der Waals surface area (Å²) in [6, 6.07) is 18.9. The van der Waals surface area contributed by atoms with Crippen LogP contribution in [-0.2, 0) is 26.2 Å². The molecule has 0 fully saturated rings. The van der Waals surface area contributed by atoms with Gasteiger partial charge in [-0.15, -0.1) is 0 Å². The van der Waals surface area contributed by atoms with Crippen molar-refractivity contribution in [2.45, 2.75) is 31.3 Å². The fraction of sp³-hybridized carbons (Fsp3) is 0.259. The van der Waals surface area contributed by atoms with E-state index < -0.39 is 28.5 Å². The highest BCUT2D eigenvalue weighted by Gasteiger charge is 2.32. The summed E-state index contributed by atoms with van der Waals surface area (Å²) >= 11 is 5.97. The average molecular weight is 544 g/mol. The summed E-state index contributed by atoms with van der Waals surface area (Å²) in [7, 11) is -1.13. The molecule has 10 heteroatoms. The van der Waals surface area contributed by atoms with E-state index in [1.165, 1.54) is 43.3 Å². The summed E-state index contributed by atoms with van der Waals surface area (Å²) in [5.74, 6) is -0.316. The van der Waals surface area contributed by atoms with Crippen LogP contribution < -0.4 is 14.4 Å². The van der Waals surface area contributed by atoms with Crippen LogP contribution in [0.15, 0.2) is 77.7 Å². The molecule has 1 unspecified atom stereocenters. The number of carbonyl (C=O) groups excluding carboxylic acids is 2. The number of methoxy groups -OCH3 is 1. The Morgan fingerprint density at radius 3 is 2.32 bits per heavy atom. The Balaban J connectivity index is 2.04. The maximum Gasteiger partial charge on any atom is 0.264 e. The van der Waals surface area contributed by atoms with Crippen LogP contribution >= 0.6 is 11.6 Å². The molecule has 0 saturated carbocycles. The molecule has 8 nitrogen and oxygen atoms in total. The molecule has 0 aromatic heterocycles. The average Bonchev–Trinajstić information content (AvgIpc) is 2.90. The van der Waals surface area contributed by atoms with Crippen molar-refractivity contribution in [1.29, 1.82) is 0 Å². The van der Waals surface area contributed by atoms with Gasteiger partial charge in [0.25, 0.3) is 10.0 Å².